The lowest BCUT2D eigenvalue weighted by Crippen LogP contribution is -2.81. The Morgan fingerprint density at radius 1 is 1.13 bits per heavy atom. The number of ether oxygens (including phenoxy) is 1. The highest BCUT2D eigenvalue weighted by Crippen LogP contribution is 2.43. The molecule has 0 aliphatic carbocycles. The molecule has 204 valence electrons. The van der Waals surface area contributed by atoms with E-state index in [1.54, 1.807) is 0 Å². The molecular formula is C21H23F3N8O6. The van der Waals surface area contributed by atoms with Crippen LogP contribution < -0.4 is 26.0 Å². The highest BCUT2D eigenvalue weighted by atomic mass is 19.4. The maximum atomic E-state index is 12.8. The van der Waals surface area contributed by atoms with E-state index in [-0.39, 0.29) is 43.4 Å². The van der Waals surface area contributed by atoms with Crippen molar-refractivity contribution in [3.63, 3.8) is 0 Å². The fourth-order valence-electron chi connectivity index (χ4n) is 5.41. The third kappa shape index (κ3) is 3.94. The number of aliphatic hydroxyl groups is 2. The Bertz CT molecular complexity index is 1210. The zero-order valence-corrected chi connectivity index (χ0v) is 19.4. The number of imide groups is 1. The van der Waals surface area contributed by atoms with Crippen molar-refractivity contribution in [1.82, 2.24) is 31.1 Å². The number of hydrogen-bond donors (Lipinski definition) is 8. The summed E-state index contributed by atoms with van der Waals surface area (Å²) >= 11 is 0. The van der Waals surface area contributed by atoms with Gasteiger partial charge in [-0.3, -0.25) is 30.1 Å². The standard InChI is InChI=1S/C21H23F3N8O6/c22-21(23,24)38-10-3-1-9(2-4-10)16(35)28-12-8-32-18(26)27-11(7-31-13(33)5-6-14(31)34)15-19(32,20(12,36)37)30-17(25)29-15/h1-4,11-12,15,36-37H,5-8H2,(H2,26,27)(H,28,35)(H3,25,29,30). The minimum atomic E-state index is -4.91. The molecule has 4 atom stereocenters. The zero-order valence-electron chi connectivity index (χ0n) is 19.4. The minimum Gasteiger partial charge on any atom is -0.406 e. The van der Waals surface area contributed by atoms with Gasteiger partial charge in [0.05, 0.1) is 18.6 Å². The first-order valence-corrected chi connectivity index (χ1v) is 11.4. The van der Waals surface area contributed by atoms with Gasteiger partial charge in [-0.05, 0) is 24.3 Å². The molecule has 14 nitrogen and oxygen atoms in total. The summed E-state index contributed by atoms with van der Waals surface area (Å²) in [4.78, 5) is 39.4. The first-order chi connectivity index (χ1) is 17.7. The van der Waals surface area contributed by atoms with Crippen LogP contribution in [-0.2, 0) is 9.59 Å². The van der Waals surface area contributed by atoms with Crippen molar-refractivity contribution < 1.29 is 42.5 Å². The molecule has 4 unspecified atom stereocenters. The molecule has 4 heterocycles. The molecule has 4 aliphatic rings. The number of nitrogens with one attached hydrogen (secondary N) is 6. The highest BCUT2D eigenvalue weighted by molar-refractivity contribution is 6.02. The van der Waals surface area contributed by atoms with Crippen molar-refractivity contribution in [2.75, 3.05) is 13.1 Å². The van der Waals surface area contributed by atoms with Crippen molar-refractivity contribution in [2.24, 2.45) is 0 Å². The van der Waals surface area contributed by atoms with Gasteiger partial charge in [0, 0.05) is 24.9 Å². The second-order valence-electron chi connectivity index (χ2n) is 9.32. The van der Waals surface area contributed by atoms with Crippen LogP contribution in [-0.4, -0.2) is 98.7 Å². The lowest BCUT2D eigenvalue weighted by atomic mass is 9.84. The molecule has 3 amide bonds. The molecule has 38 heavy (non-hydrogen) atoms. The Balaban J connectivity index is 1.39. The van der Waals surface area contributed by atoms with E-state index in [2.05, 4.69) is 26.0 Å². The van der Waals surface area contributed by atoms with Crippen molar-refractivity contribution in [1.29, 1.82) is 10.8 Å². The molecule has 0 bridgehead atoms. The molecule has 1 spiro atoms. The smallest absolute Gasteiger partial charge is 0.406 e. The van der Waals surface area contributed by atoms with Crippen molar-refractivity contribution in [3.8, 4) is 5.75 Å². The topological polar surface area (TPSA) is 203 Å². The Kier molecular flexibility index (Phi) is 5.68. The molecule has 4 aliphatic heterocycles. The molecule has 5 rings (SSSR count). The number of halogens is 3. The van der Waals surface area contributed by atoms with Gasteiger partial charge >= 0.3 is 6.36 Å². The van der Waals surface area contributed by atoms with Crippen LogP contribution in [0.2, 0.25) is 0 Å². The number of carbonyl (C=O) groups excluding carboxylic acids is 3. The van der Waals surface area contributed by atoms with Gasteiger partial charge in [0.1, 0.15) is 11.8 Å². The lowest BCUT2D eigenvalue weighted by Gasteiger charge is -2.51. The number of rotatable bonds is 5. The van der Waals surface area contributed by atoms with Crippen LogP contribution in [0.15, 0.2) is 24.3 Å². The van der Waals surface area contributed by atoms with Crippen LogP contribution in [0.4, 0.5) is 13.2 Å². The van der Waals surface area contributed by atoms with Crippen LogP contribution in [0, 0.1) is 10.8 Å². The molecular weight excluding hydrogens is 517 g/mol. The average molecular weight is 540 g/mol. The van der Waals surface area contributed by atoms with Gasteiger partial charge in [-0.1, -0.05) is 0 Å². The van der Waals surface area contributed by atoms with E-state index in [4.69, 9.17) is 10.8 Å². The lowest BCUT2D eigenvalue weighted by molar-refractivity contribution is -0.274. The van der Waals surface area contributed by atoms with Crippen LogP contribution in [0.3, 0.4) is 0 Å². The van der Waals surface area contributed by atoms with Crippen LogP contribution >= 0.6 is 0 Å². The number of alkyl halides is 3. The number of hydrogen-bond acceptors (Lipinski definition) is 8. The van der Waals surface area contributed by atoms with E-state index in [9.17, 15) is 37.8 Å². The molecule has 1 aromatic carbocycles. The molecule has 8 N–H and O–H groups in total. The predicted octanol–water partition coefficient (Wildman–Crippen LogP) is -2.07. The van der Waals surface area contributed by atoms with Crippen LogP contribution in [0.1, 0.15) is 23.2 Å². The third-order valence-corrected chi connectivity index (χ3v) is 7.09. The van der Waals surface area contributed by atoms with Crippen LogP contribution in [0.5, 0.6) is 5.75 Å². The molecule has 0 aromatic heterocycles. The summed E-state index contributed by atoms with van der Waals surface area (Å²) in [7, 11) is 0. The summed E-state index contributed by atoms with van der Waals surface area (Å²) in [5.41, 5.74) is -2.05. The molecule has 1 aromatic rings. The SMILES string of the molecule is N=C1NC2C(CN3C(=O)CCC3=O)NC(=N)N3CC(NC(=O)c4ccc(OC(F)(F)F)cc4)C(O)(O)C23N1. The monoisotopic (exact) mass is 540 g/mol. The van der Waals surface area contributed by atoms with E-state index in [1.165, 1.54) is 4.90 Å². The normalized spacial score (nSPS) is 29.9. The highest BCUT2D eigenvalue weighted by Gasteiger charge is 2.74. The second-order valence-corrected chi connectivity index (χ2v) is 9.32. The van der Waals surface area contributed by atoms with Gasteiger partial charge in [0.2, 0.25) is 17.6 Å². The minimum absolute atomic E-state index is 0.0355. The predicted molar refractivity (Wildman–Crippen MR) is 119 cm³/mol. The first-order valence-electron chi connectivity index (χ1n) is 11.4. The average Bonchev–Trinajstić information content (AvgIpc) is 3.41. The molecule has 0 radical (unpaired) electrons. The van der Waals surface area contributed by atoms with E-state index >= 15 is 0 Å². The third-order valence-electron chi connectivity index (χ3n) is 7.09. The van der Waals surface area contributed by atoms with E-state index in [0.717, 1.165) is 29.2 Å². The Hall–Kier alpha value is -4.12. The summed E-state index contributed by atoms with van der Waals surface area (Å²) in [5, 5.41) is 50.0. The van der Waals surface area contributed by atoms with E-state index < -0.39 is 59.4 Å². The van der Waals surface area contributed by atoms with Gasteiger partial charge in [-0.25, -0.2) is 0 Å². The first kappa shape index (κ1) is 25.5. The van der Waals surface area contributed by atoms with Crippen LogP contribution in [0.25, 0.3) is 0 Å². The number of carbonyl (C=O) groups is 3. The summed E-state index contributed by atoms with van der Waals surface area (Å²) in [6.07, 6.45) is -4.84. The largest absolute Gasteiger partial charge is 0.573 e. The van der Waals surface area contributed by atoms with E-state index in [1.807, 2.05) is 0 Å². The number of amides is 3. The molecule has 0 saturated carbocycles. The van der Waals surface area contributed by atoms with Crippen molar-refractivity contribution in [3.05, 3.63) is 29.8 Å². The van der Waals surface area contributed by atoms with E-state index in [0.29, 0.717) is 0 Å². The zero-order chi connectivity index (χ0) is 27.6. The Morgan fingerprint density at radius 2 is 1.76 bits per heavy atom. The molecule has 17 heteroatoms. The number of guanidine groups is 2. The van der Waals surface area contributed by atoms with Gasteiger partial charge in [0.15, 0.2) is 17.6 Å². The quantitative estimate of drug-likeness (QED) is 0.151. The summed E-state index contributed by atoms with van der Waals surface area (Å²) in [6.45, 7) is -0.520. The number of benzene rings is 1. The molecule has 4 fully saturated rings. The summed E-state index contributed by atoms with van der Waals surface area (Å²) in [6, 6.07) is 0.565. The maximum Gasteiger partial charge on any atom is 0.573 e. The van der Waals surface area contributed by atoms with Gasteiger partial charge < -0.3 is 41.1 Å². The van der Waals surface area contributed by atoms with Gasteiger partial charge in [-0.2, -0.15) is 0 Å². The summed E-state index contributed by atoms with van der Waals surface area (Å²) in [5.74, 6) is -5.67. The maximum absolute atomic E-state index is 12.8. The Labute approximate surface area is 212 Å². The molecule has 4 saturated heterocycles. The van der Waals surface area contributed by atoms with Crippen molar-refractivity contribution >= 4 is 29.6 Å². The number of nitrogens with zero attached hydrogens (tertiary/aromatic N) is 2. The fraction of sp³-hybridized carbons (Fsp3) is 0.476. The second kappa shape index (κ2) is 8.45. The van der Waals surface area contributed by atoms with Gasteiger partial charge in [0.25, 0.3) is 5.91 Å². The van der Waals surface area contributed by atoms with Crippen molar-refractivity contribution in [2.45, 2.75) is 48.8 Å². The fourth-order valence-corrected chi connectivity index (χ4v) is 5.41. The number of likely N-dealkylation sites (tertiary alicyclic amines) is 1. The summed E-state index contributed by atoms with van der Waals surface area (Å²) < 4.78 is 41.0. The Morgan fingerprint density at radius 3 is 2.37 bits per heavy atom. The van der Waals surface area contributed by atoms with Gasteiger partial charge in [-0.15, -0.1) is 13.2 Å².